The van der Waals surface area contributed by atoms with Gasteiger partial charge in [0.2, 0.25) is 10.0 Å². The number of sulfonamides is 1. The van der Waals surface area contributed by atoms with E-state index in [2.05, 4.69) is 10.4 Å². The molecule has 0 aliphatic carbocycles. The normalized spacial score (nSPS) is 12.5. The molecule has 0 bridgehead atoms. The molecule has 1 rings (SSSR count). The van der Waals surface area contributed by atoms with E-state index in [9.17, 15) is 8.42 Å². The number of hydrogen-bond acceptors (Lipinski definition) is 4. The van der Waals surface area contributed by atoms with Gasteiger partial charge in [0, 0.05) is 38.4 Å². The molecule has 0 amide bonds. The summed E-state index contributed by atoms with van der Waals surface area (Å²) in [5.41, 5.74) is 0.897. The van der Waals surface area contributed by atoms with Crippen LogP contribution in [0.3, 0.4) is 0 Å². The van der Waals surface area contributed by atoms with Crippen LogP contribution in [0.5, 0.6) is 0 Å². The summed E-state index contributed by atoms with van der Waals surface area (Å²) in [6.07, 6.45) is 4.14. The molecule has 0 fully saturated rings. The van der Waals surface area contributed by atoms with Gasteiger partial charge in [-0.15, -0.1) is 0 Å². The number of nitrogens with zero attached hydrogens (tertiary/aromatic N) is 3. The van der Waals surface area contributed by atoms with Crippen molar-refractivity contribution < 1.29 is 8.42 Å². The molecular formula is C12H24N4O2S. The Morgan fingerprint density at radius 1 is 1.47 bits per heavy atom. The second-order valence-corrected chi connectivity index (χ2v) is 7.25. The Labute approximate surface area is 115 Å². The van der Waals surface area contributed by atoms with Gasteiger partial charge in [-0.3, -0.25) is 4.68 Å². The highest BCUT2D eigenvalue weighted by Crippen LogP contribution is 2.07. The van der Waals surface area contributed by atoms with Crippen molar-refractivity contribution in [3.05, 3.63) is 18.0 Å². The van der Waals surface area contributed by atoms with Gasteiger partial charge >= 0.3 is 0 Å². The minimum atomic E-state index is -3.19. The van der Waals surface area contributed by atoms with Crippen LogP contribution in [0.2, 0.25) is 0 Å². The van der Waals surface area contributed by atoms with E-state index in [0.29, 0.717) is 19.0 Å². The zero-order valence-electron chi connectivity index (χ0n) is 12.1. The Morgan fingerprint density at radius 2 is 2.16 bits per heavy atom. The van der Waals surface area contributed by atoms with Gasteiger partial charge in [0.25, 0.3) is 0 Å². The number of aryl methyl sites for hydroxylation is 1. The molecule has 6 nitrogen and oxygen atoms in total. The van der Waals surface area contributed by atoms with Gasteiger partial charge in [-0.25, -0.2) is 12.7 Å². The van der Waals surface area contributed by atoms with Crippen LogP contribution in [0.1, 0.15) is 25.8 Å². The largest absolute Gasteiger partial charge is 0.314 e. The van der Waals surface area contributed by atoms with Crippen molar-refractivity contribution >= 4 is 10.0 Å². The monoisotopic (exact) mass is 288 g/mol. The third-order valence-corrected chi connectivity index (χ3v) is 4.65. The Hall–Kier alpha value is -0.920. The number of hydrogen-bond donors (Lipinski definition) is 1. The van der Waals surface area contributed by atoms with Gasteiger partial charge < -0.3 is 5.32 Å². The van der Waals surface area contributed by atoms with Crippen molar-refractivity contribution in [1.29, 1.82) is 0 Å². The maximum absolute atomic E-state index is 12.1. The molecule has 0 unspecified atom stereocenters. The topological polar surface area (TPSA) is 67.2 Å². The molecule has 1 aromatic rings. The lowest BCUT2D eigenvalue weighted by Gasteiger charge is -2.16. The quantitative estimate of drug-likeness (QED) is 0.710. The van der Waals surface area contributed by atoms with Crippen LogP contribution in [0.15, 0.2) is 12.4 Å². The first-order chi connectivity index (χ1) is 8.81. The van der Waals surface area contributed by atoms with Crippen molar-refractivity contribution in [2.24, 2.45) is 7.05 Å². The molecule has 1 aromatic heterocycles. The molecule has 1 N–H and O–H groups in total. The summed E-state index contributed by atoms with van der Waals surface area (Å²) in [5.74, 6) is 0.170. The van der Waals surface area contributed by atoms with Gasteiger partial charge in [-0.1, -0.05) is 13.8 Å². The van der Waals surface area contributed by atoms with Crippen LogP contribution in [-0.4, -0.2) is 47.9 Å². The van der Waals surface area contributed by atoms with E-state index >= 15 is 0 Å². The van der Waals surface area contributed by atoms with Gasteiger partial charge in [-0.2, -0.15) is 5.10 Å². The Bertz CT molecular complexity index is 482. The third kappa shape index (κ3) is 5.71. The summed E-state index contributed by atoms with van der Waals surface area (Å²) in [6.45, 7) is 5.18. The SMILES string of the molecule is CC(C)NCCCS(=O)(=O)N(C)Cc1cnn(C)c1. The van der Waals surface area contributed by atoms with Crippen molar-refractivity contribution in [2.75, 3.05) is 19.3 Å². The van der Waals surface area contributed by atoms with Crippen LogP contribution in [0.4, 0.5) is 0 Å². The molecule has 110 valence electrons. The fourth-order valence-electron chi connectivity index (χ4n) is 1.71. The Balaban J connectivity index is 2.43. The predicted molar refractivity (Wildman–Crippen MR) is 76.2 cm³/mol. The molecule has 19 heavy (non-hydrogen) atoms. The molecule has 0 spiro atoms. The van der Waals surface area contributed by atoms with Gasteiger partial charge in [-0.05, 0) is 13.0 Å². The summed E-state index contributed by atoms with van der Waals surface area (Å²) in [5, 5.41) is 7.25. The summed E-state index contributed by atoms with van der Waals surface area (Å²) < 4.78 is 27.2. The average molecular weight is 288 g/mol. The molecule has 0 aliphatic rings. The molecule has 0 aliphatic heterocycles. The van der Waals surface area contributed by atoms with Crippen molar-refractivity contribution in [1.82, 2.24) is 19.4 Å². The fraction of sp³-hybridized carbons (Fsp3) is 0.750. The molecule has 1 heterocycles. The summed E-state index contributed by atoms with van der Waals surface area (Å²) in [4.78, 5) is 0. The standard InChI is InChI=1S/C12H24N4O2S/c1-11(2)13-6-5-7-19(17,18)16(4)10-12-8-14-15(3)9-12/h8-9,11,13H,5-7,10H2,1-4H3. The van der Waals surface area contributed by atoms with E-state index in [1.54, 1.807) is 17.9 Å². The maximum Gasteiger partial charge on any atom is 0.214 e. The Kier molecular flexibility index (Phi) is 5.96. The lowest BCUT2D eigenvalue weighted by molar-refractivity contribution is 0.463. The van der Waals surface area contributed by atoms with Crippen LogP contribution in [0, 0.1) is 0 Å². The minimum absolute atomic E-state index is 0.170. The average Bonchev–Trinajstić information content (AvgIpc) is 2.70. The van der Waals surface area contributed by atoms with Crippen molar-refractivity contribution in [3.63, 3.8) is 0 Å². The number of rotatable bonds is 8. The summed E-state index contributed by atoms with van der Waals surface area (Å²) >= 11 is 0. The van der Waals surface area contributed by atoms with Crippen molar-refractivity contribution in [3.8, 4) is 0 Å². The highest BCUT2D eigenvalue weighted by molar-refractivity contribution is 7.89. The van der Waals surface area contributed by atoms with E-state index in [4.69, 9.17) is 0 Å². The van der Waals surface area contributed by atoms with E-state index < -0.39 is 10.0 Å². The van der Waals surface area contributed by atoms with E-state index in [-0.39, 0.29) is 5.75 Å². The van der Waals surface area contributed by atoms with E-state index in [1.807, 2.05) is 27.1 Å². The van der Waals surface area contributed by atoms with E-state index in [0.717, 1.165) is 12.1 Å². The Morgan fingerprint density at radius 3 is 2.68 bits per heavy atom. The second-order valence-electron chi connectivity index (χ2n) is 5.06. The van der Waals surface area contributed by atoms with Gasteiger partial charge in [0.15, 0.2) is 0 Å². The van der Waals surface area contributed by atoms with Crippen molar-refractivity contribution in [2.45, 2.75) is 32.9 Å². The van der Waals surface area contributed by atoms with Gasteiger partial charge in [0.1, 0.15) is 0 Å². The lowest BCUT2D eigenvalue weighted by Crippen LogP contribution is -2.31. The number of aromatic nitrogens is 2. The molecular weight excluding hydrogens is 264 g/mol. The van der Waals surface area contributed by atoms with E-state index in [1.165, 1.54) is 4.31 Å². The van der Waals surface area contributed by atoms with Crippen LogP contribution in [-0.2, 0) is 23.6 Å². The molecule has 0 aromatic carbocycles. The fourth-order valence-corrected chi connectivity index (χ4v) is 2.88. The molecule has 0 saturated heterocycles. The van der Waals surface area contributed by atoms with Crippen LogP contribution >= 0.6 is 0 Å². The smallest absolute Gasteiger partial charge is 0.214 e. The minimum Gasteiger partial charge on any atom is -0.314 e. The third-order valence-electron chi connectivity index (χ3n) is 2.77. The molecule has 0 radical (unpaired) electrons. The first-order valence-electron chi connectivity index (χ1n) is 6.46. The lowest BCUT2D eigenvalue weighted by atomic mass is 10.4. The first-order valence-corrected chi connectivity index (χ1v) is 8.07. The van der Waals surface area contributed by atoms with Gasteiger partial charge in [0.05, 0.1) is 11.9 Å². The van der Waals surface area contributed by atoms with Crippen LogP contribution in [0.25, 0.3) is 0 Å². The molecule has 0 atom stereocenters. The number of nitrogens with one attached hydrogen (secondary N) is 1. The molecule has 0 saturated carbocycles. The van der Waals surface area contributed by atoms with Crippen LogP contribution < -0.4 is 5.32 Å². The zero-order valence-corrected chi connectivity index (χ0v) is 12.9. The maximum atomic E-state index is 12.1. The second kappa shape index (κ2) is 7.02. The molecule has 7 heteroatoms. The first kappa shape index (κ1) is 16.1. The summed E-state index contributed by atoms with van der Waals surface area (Å²) in [7, 11) is 0.234. The predicted octanol–water partition coefficient (Wildman–Crippen LogP) is 0.570. The zero-order chi connectivity index (χ0) is 14.5. The highest BCUT2D eigenvalue weighted by atomic mass is 32.2. The highest BCUT2D eigenvalue weighted by Gasteiger charge is 2.18. The summed E-state index contributed by atoms with van der Waals surface area (Å²) in [6, 6.07) is 0.385.